The minimum absolute atomic E-state index is 0.129. The molecule has 0 spiro atoms. The molecule has 1 saturated heterocycles. The Morgan fingerprint density at radius 1 is 1.55 bits per heavy atom. The summed E-state index contributed by atoms with van der Waals surface area (Å²) in [5.41, 5.74) is 1.65. The number of urea groups is 1. The fourth-order valence-electron chi connectivity index (χ4n) is 2.47. The van der Waals surface area contributed by atoms with Crippen LogP contribution >= 0.6 is 0 Å². The topological polar surface area (TPSA) is 61.8 Å². The van der Waals surface area contributed by atoms with Crippen molar-refractivity contribution in [1.29, 1.82) is 0 Å². The highest BCUT2D eigenvalue weighted by Crippen LogP contribution is 2.20. The van der Waals surface area contributed by atoms with Crippen LogP contribution in [0.4, 0.5) is 10.5 Å². The van der Waals surface area contributed by atoms with Gasteiger partial charge in [-0.05, 0) is 43.4 Å². The van der Waals surface area contributed by atoms with Crippen molar-refractivity contribution in [2.75, 3.05) is 31.6 Å². The summed E-state index contributed by atoms with van der Waals surface area (Å²) in [6.07, 6.45) is 1.91. The van der Waals surface area contributed by atoms with Gasteiger partial charge in [-0.1, -0.05) is 12.6 Å². The molecule has 1 aromatic carbocycles. The Balaban J connectivity index is 1.93. The number of hydrogen-bond donors (Lipinski definition) is 2. The minimum Gasteiger partial charge on any atom is -0.489 e. The number of aliphatic hydroxyl groups excluding tert-OH is 1. The maximum atomic E-state index is 12.3. The van der Waals surface area contributed by atoms with Crippen molar-refractivity contribution in [3.63, 3.8) is 0 Å². The number of aliphatic hydroxyl groups is 1. The standard InChI is InChI=1S/C17H24N2O3/c1-13(2)12-22-16-7-3-6-15(9-16)18-17(21)19-8-4-5-14(10-19)11-20/h3,6-7,9,14,20H,1,4-5,8,10-12H2,2H3,(H,18,21). The lowest BCUT2D eigenvalue weighted by Crippen LogP contribution is -2.43. The predicted octanol–water partition coefficient (Wildman–Crippen LogP) is 2.88. The maximum Gasteiger partial charge on any atom is 0.321 e. The summed E-state index contributed by atoms with van der Waals surface area (Å²) in [4.78, 5) is 14.0. The molecule has 0 aliphatic carbocycles. The number of amides is 2. The van der Waals surface area contributed by atoms with Crippen LogP contribution in [0.25, 0.3) is 0 Å². The van der Waals surface area contributed by atoms with Crippen molar-refractivity contribution in [3.05, 3.63) is 36.4 Å². The lowest BCUT2D eigenvalue weighted by Gasteiger charge is -2.31. The third-order valence-electron chi connectivity index (χ3n) is 3.63. The third-order valence-corrected chi connectivity index (χ3v) is 3.63. The second-order valence-electron chi connectivity index (χ2n) is 5.84. The lowest BCUT2D eigenvalue weighted by atomic mass is 9.99. The van der Waals surface area contributed by atoms with E-state index in [9.17, 15) is 9.90 Å². The average molecular weight is 304 g/mol. The molecule has 1 aromatic rings. The summed E-state index contributed by atoms with van der Waals surface area (Å²) < 4.78 is 5.57. The van der Waals surface area contributed by atoms with Gasteiger partial charge in [-0.15, -0.1) is 0 Å². The molecule has 5 nitrogen and oxygen atoms in total. The molecule has 120 valence electrons. The zero-order chi connectivity index (χ0) is 15.9. The lowest BCUT2D eigenvalue weighted by molar-refractivity contribution is 0.136. The fraction of sp³-hybridized carbons (Fsp3) is 0.471. The first kappa shape index (κ1) is 16.4. The van der Waals surface area contributed by atoms with E-state index in [-0.39, 0.29) is 18.6 Å². The summed E-state index contributed by atoms with van der Waals surface area (Å²) in [6.45, 7) is 7.63. The summed E-state index contributed by atoms with van der Waals surface area (Å²) >= 11 is 0. The van der Waals surface area contributed by atoms with Crippen molar-refractivity contribution in [2.24, 2.45) is 5.92 Å². The largest absolute Gasteiger partial charge is 0.489 e. The van der Waals surface area contributed by atoms with E-state index in [1.165, 1.54) is 0 Å². The van der Waals surface area contributed by atoms with Crippen LogP contribution < -0.4 is 10.1 Å². The van der Waals surface area contributed by atoms with Crippen LogP contribution in [0, 0.1) is 5.92 Å². The number of ether oxygens (including phenoxy) is 1. The molecule has 1 atom stereocenters. The maximum absolute atomic E-state index is 12.3. The number of carbonyl (C=O) groups excluding carboxylic acids is 1. The highest BCUT2D eigenvalue weighted by Gasteiger charge is 2.23. The van der Waals surface area contributed by atoms with E-state index < -0.39 is 0 Å². The molecule has 5 heteroatoms. The fourth-order valence-corrected chi connectivity index (χ4v) is 2.47. The van der Waals surface area contributed by atoms with E-state index in [4.69, 9.17) is 4.74 Å². The minimum atomic E-state index is -0.129. The molecule has 1 aliphatic heterocycles. The highest BCUT2D eigenvalue weighted by molar-refractivity contribution is 5.89. The molecular weight excluding hydrogens is 280 g/mol. The monoisotopic (exact) mass is 304 g/mol. The second-order valence-corrected chi connectivity index (χ2v) is 5.84. The van der Waals surface area contributed by atoms with Crippen LogP contribution in [0.3, 0.4) is 0 Å². The molecule has 2 amide bonds. The second kappa shape index (κ2) is 7.84. The molecule has 0 aromatic heterocycles. The first-order chi connectivity index (χ1) is 10.6. The summed E-state index contributed by atoms with van der Waals surface area (Å²) in [6, 6.07) is 7.19. The van der Waals surface area contributed by atoms with Gasteiger partial charge in [-0.2, -0.15) is 0 Å². The number of hydrogen-bond acceptors (Lipinski definition) is 3. The summed E-state index contributed by atoms with van der Waals surface area (Å²) in [7, 11) is 0. The van der Waals surface area contributed by atoms with Crippen LogP contribution in [0.2, 0.25) is 0 Å². The van der Waals surface area contributed by atoms with Gasteiger partial charge in [-0.3, -0.25) is 0 Å². The van der Waals surface area contributed by atoms with Gasteiger partial charge in [0.15, 0.2) is 0 Å². The van der Waals surface area contributed by atoms with E-state index >= 15 is 0 Å². The van der Waals surface area contributed by atoms with Crippen molar-refractivity contribution < 1.29 is 14.6 Å². The Morgan fingerprint density at radius 2 is 2.36 bits per heavy atom. The predicted molar refractivity (Wildman–Crippen MR) is 87.2 cm³/mol. The van der Waals surface area contributed by atoms with E-state index in [0.717, 1.165) is 25.0 Å². The summed E-state index contributed by atoms with van der Waals surface area (Å²) in [5.74, 6) is 0.886. The molecule has 0 radical (unpaired) electrons. The van der Waals surface area contributed by atoms with E-state index in [0.29, 0.717) is 24.6 Å². The van der Waals surface area contributed by atoms with Crippen molar-refractivity contribution in [1.82, 2.24) is 4.90 Å². The van der Waals surface area contributed by atoms with Crippen LogP contribution in [0.5, 0.6) is 5.75 Å². The van der Waals surface area contributed by atoms with Gasteiger partial charge in [0, 0.05) is 31.5 Å². The van der Waals surface area contributed by atoms with Crippen LogP contribution in [-0.4, -0.2) is 42.3 Å². The molecule has 2 rings (SSSR count). The number of rotatable bonds is 5. The quantitative estimate of drug-likeness (QED) is 0.822. The molecule has 1 aliphatic rings. The molecule has 2 N–H and O–H groups in total. The van der Waals surface area contributed by atoms with Crippen molar-refractivity contribution in [2.45, 2.75) is 19.8 Å². The first-order valence-electron chi connectivity index (χ1n) is 7.62. The molecule has 0 saturated carbocycles. The number of piperidine rings is 1. The smallest absolute Gasteiger partial charge is 0.321 e. The van der Waals surface area contributed by atoms with Gasteiger partial charge in [0.1, 0.15) is 12.4 Å². The average Bonchev–Trinajstić information content (AvgIpc) is 2.53. The molecule has 1 heterocycles. The molecular formula is C17H24N2O3. The first-order valence-corrected chi connectivity index (χ1v) is 7.62. The normalized spacial score (nSPS) is 17.9. The SMILES string of the molecule is C=C(C)COc1cccc(NC(=O)N2CCCC(CO)C2)c1. The van der Waals surface area contributed by atoms with E-state index in [1.54, 1.807) is 11.0 Å². The number of benzene rings is 1. The van der Waals surface area contributed by atoms with Gasteiger partial charge < -0.3 is 20.1 Å². The Morgan fingerprint density at radius 3 is 3.09 bits per heavy atom. The molecule has 0 bridgehead atoms. The van der Waals surface area contributed by atoms with E-state index in [2.05, 4.69) is 11.9 Å². The number of nitrogens with one attached hydrogen (secondary N) is 1. The van der Waals surface area contributed by atoms with Crippen molar-refractivity contribution >= 4 is 11.7 Å². The van der Waals surface area contributed by atoms with E-state index in [1.807, 2.05) is 25.1 Å². The van der Waals surface area contributed by atoms with Gasteiger partial charge in [-0.25, -0.2) is 4.79 Å². The van der Waals surface area contributed by atoms with Crippen LogP contribution in [0.1, 0.15) is 19.8 Å². The molecule has 1 unspecified atom stereocenters. The number of nitrogens with zero attached hydrogens (tertiary/aromatic N) is 1. The molecule has 22 heavy (non-hydrogen) atoms. The molecule has 1 fully saturated rings. The number of carbonyl (C=O) groups is 1. The highest BCUT2D eigenvalue weighted by atomic mass is 16.5. The van der Waals surface area contributed by atoms with Crippen molar-refractivity contribution in [3.8, 4) is 5.75 Å². The number of likely N-dealkylation sites (tertiary alicyclic amines) is 1. The third kappa shape index (κ3) is 4.77. The van der Waals surface area contributed by atoms with Gasteiger partial charge >= 0.3 is 6.03 Å². The number of anilines is 1. The zero-order valence-corrected chi connectivity index (χ0v) is 13.0. The van der Waals surface area contributed by atoms with Crippen LogP contribution in [0.15, 0.2) is 36.4 Å². The van der Waals surface area contributed by atoms with Gasteiger partial charge in [0.25, 0.3) is 0 Å². The Bertz CT molecular complexity index is 530. The summed E-state index contributed by atoms with van der Waals surface area (Å²) in [5, 5.41) is 12.1. The Kier molecular flexibility index (Phi) is 5.83. The Labute approximate surface area is 131 Å². The van der Waals surface area contributed by atoms with Gasteiger partial charge in [0.2, 0.25) is 0 Å². The Hall–Kier alpha value is -2.01. The van der Waals surface area contributed by atoms with Gasteiger partial charge in [0.05, 0.1) is 0 Å². The zero-order valence-electron chi connectivity index (χ0n) is 13.0. The van der Waals surface area contributed by atoms with Crippen LogP contribution in [-0.2, 0) is 0 Å².